The van der Waals surface area contributed by atoms with Gasteiger partial charge in [0.05, 0.1) is 14.2 Å². The van der Waals surface area contributed by atoms with Crippen molar-refractivity contribution in [2.45, 2.75) is 31.8 Å². The lowest BCUT2D eigenvalue weighted by atomic mass is 9.82. The van der Waals surface area contributed by atoms with E-state index in [1.54, 1.807) is 14.2 Å². The number of benzene rings is 1. The lowest BCUT2D eigenvalue weighted by Crippen LogP contribution is -2.21. The Morgan fingerprint density at radius 1 is 1.00 bits per heavy atom. The third-order valence-electron chi connectivity index (χ3n) is 5.89. The van der Waals surface area contributed by atoms with E-state index in [1.165, 1.54) is 36.9 Å². The van der Waals surface area contributed by atoms with Crippen molar-refractivity contribution in [2.24, 2.45) is 5.92 Å². The van der Waals surface area contributed by atoms with Gasteiger partial charge in [-0.1, -0.05) is 18.2 Å². The first kappa shape index (κ1) is 18.2. The average Bonchev–Trinajstić information content (AvgIpc) is 3.20. The quantitative estimate of drug-likeness (QED) is 0.732. The molecule has 2 bridgehead atoms. The fourth-order valence-electron chi connectivity index (χ4n) is 4.43. The molecule has 1 unspecified atom stereocenters. The van der Waals surface area contributed by atoms with Crippen LogP contribution in [0.25, 0.3) is 0 Å². The van der Waals surface area contributed by atoms with Crippen molar-refractivity contribution in [3.8, 4) is 5.75 Å². The summed E-state index contributed by atoms with van der Waals surface area (Å²) in [6.45, 7) is 1.17. The zero-order valence-corrected chi connectivity index (χ0v) is 16.7. The van der Waals surface area contributed by atoms with Crippen molar-refractivity contribution in [3.63, 3.8) is 0 Å². The van der Waals surface area contributed by atoms with Gasteiger partial charge in [0.15, 0.2) is 17.6 Å². The molecule has 0 amide bonds. The van der Waals surface area contributed by atoms with Crippen LogP contribution < -0.4 is 4.74 Å². The molecule has 0 aromatic heterocycles. The van der Waals surface area contributed by atoms with Crippen molar-refractivity contribution in [1.29, 1.82) is 0 Å². The minimum absolute atomic E-state index is 0.121. The maximum atomic E-state index is 6.35. The third-order valence-corrected chi connectivity index (χ3v) is 5.89. The van der Waals surface area contributed by atoms with E-state index in [2.05, 4.69) is 49.3 Å². The summed E-state index contributed by atoms with van der Waals surface area (Å²) in [5, 5.41) is 0. The number of fused-ring (bicyclic) bond motifs is 3. The van der Waals surface area contributed by atoms with Gasteiger partial charge in [0, 0.05) is 11.1 Å². The molecule has 3 aliphatic carbocycles. The Balaban J connectivity index is 1.47. The van der Waals surface area contributed by atoms with Crippen LogP contribution in [0.15, 0.2) is 53.0 Å². The van der Waals surface area contributed by atoms with E-state index in [9.17, 15) is 0 Å². The number of nitrogens with zero attached hydrogens (tertiary/aromatic N) is 1. The lowest BCUT2D eigenvalue weighted by molar-refractivity contribution is 0.220. The van der Waals surface area contributed by atoms with Crippen LogP contribution >= 0.6 is 0 Å². The van der Waals surface area contributed by atoms with Crippen LogP contribution in [-0.2, 0) is 22.3 Å². The molecule has 144 valence electrons. The largest absolute Gasteiger partial charge is 0.492 e. The second kappa shape index (κ2) is 7.43. The Labute approximate surface area is 162 Å². The molecule has 0 saturated carbocycles. The molecule has 27 heavy (non-hydrogen) atoms. The Kier molecular flexibility index (Phi) is 5.00. The van der Waals surface area contributed by atoms with Gasteiger partial charge < -0.3 is 19.1 Å². The zero-order chi connectivity index (χ0) is 19.0. The smallest absolute Gasteiger partial charge is 0.168 e. The van der Waals surface area contributed by atoms with E-state index in [0.29, 0.717) is 0 Å². The summed E-state index contributed by atoms with van der Waals surface area (Å²) in [7, 11) is 7.67. The lowest BCUT2D eigenvalue weighted by Gasteiger charge is -2.26. The van der Waals surface area contributed by atoms with E-state index in [-0.39, 0.29) is 6.10 Å². The van der Waals surface area contributed by atoms with Crippen LogP contribution in [0, 0.1) is 5.92 Å². The maximum absolute atomic E-state index is 6.35. The maximum Gasteiger partial charge on any atom is 0.168 e. The molecule has 0 saturated heterocycles. The highest BCUT2D eigenvalue weighted by atomic mass is 16.5. The highest BCUT2D eigenvalue weighted by Gasteiger charge is 2.39. The van der Waals surface area contributed by atoms with Gasteiger partial charge in [-0.05, 0) is 75.5 Å². The topological polar surface area (TPSA) is 30.9 Å². The summed E-state index contributed by atoms with van der Waals surface area (Å²) in [4.78, 5) is 2.28. The molecule has 1 atom stereocenters. The molecule has 0 radical (unpaired) electrons. The average molecular weight is 367 g/mol. The van der Waals surface area contributed by atoms with Crippen molar-refractivity contribution >= 4 is 0 Å². The van der Waals surface area contributed by atoms with Gasteiger partial charge in [-0.25, -0.2) is 0 Å². The van der Waals surface area contributed by atoms with Crippen LogP contribution in [0.2, 0.25) is 0 Å². The molecule has 0 N–H and O–H groups in total. The van der Waals surface area contributed by atoms with Gasteiger partial charge in [-0.15, -0.1) is 0 Å². The monoisotopic (exact) mass is 367 g/mol. The fraction of sp³-hybridized carbons (Fsp3) is 0.478. The van der Waals surface area contributed by atoms with Crippen LogP contribution in [-0.4, -0.2) is 45.9 Å². The van der Waals surface area contributed by atoms with E-state index < -0.39 is 0 Å². The molecule has 1 aromatic rings. The molecule has 1 aromatic carbocycles. The van der Waals surface area contributed by atoms with Crippen LogP contribution in [0.4, 0.5) is 0 Å². The molecule has 4 nitrogen and oxygen atoms in total. The minimum atomic E-state index is -0.121. The van der Waals surface area contributed by atoms with Crippen molar-refractivity contribution in [2.75, 3.05) is 34.9 Å². The van der Waals surface area contributed by atoms with E-state index >= 15 is 0 Å². The second-order valence-corrected chi connectivity index (χ2v) is 7.94. The SMILES string of the molecule is COC1=C2C=CC(=C1OC)C2Oc1ccc2c(c1)CCC(CCN(C)C)C2. The fourth-order valence-corrected chi connectivity index (χ4v) is 4.43. The number of hydrogen-bond donors (Lipinski definition) is 0. The molecular weight excluding hydrogens is 338 g/mol. The minimum Gasteiger partial charge on any atom is -0.492 e. The van der Waals surface area contributed by atoms with E-state index in [4.69, 9.17) is 14.2 Å². The normalized spacial score (nSPS) is 21.3. The zero-order valence-electron chi connectivity index (χ0n) is 16.7. The number of aryl methyl sites for hydroxylation is 1. The van der Waals surface area contributed by atoms with Crippen LogP contribution in [0.5, 0.6) is 5.75 Å². The van der Waals surface area contributed by atoms with Gasteiger partial charge in [0.25, 0.3) is 0 Å². The van der Waals surface area contributed by atoms with Crippen molar-refractivity contribution < 1.29 is 14.2 Å². The van der Waals surface area contributed by atoms with Gasteiger partial charge in [-0.2, -0.15) is 0 Å². The van der Waals surface area contributed by atoms with E-state index in [1.807, 2.05) is 0 Å². The molecular formula is C23H29NO3. The Hall–Kier alpha value is -2.20. The highest BCUT2D eigenvalue weighted by Crippen LogP contribution is 2.42. The first-order valence-corrected chi connectivity index (χ1v) is 9.78. The first-order chi connectivity index (χ1) is 13.1. The molecule has 3 aliphatic rings. The summed E-state index contributed by atoms with van der Waals surface area (Å²) in [5.41, 5.74) is 5.02. The van der Waals surface area contributed by atoms with Crippen molar-refractivity contribution in [1.82, 2.24) is 4.90 Å². The predicted octanol–water partition coefficient (Wildman–Crippen LogP) is 3.88. The van der Waals surface area contributed by atoms with Gasteiger partial charge in [0.2, 0.25) is 0 Å². The summed E-state index contributed by atoms with van der Waals surface area (Å²) >= 11 is 0. The Bertz CT molecular complexity index is 789. The van der Waals surface area contributed by atoms with Crippen LogP contribution in [0.3, 0.4) is 0 Å². The number of methoxy groups -OCH3 is 2. The summed E-state index contributed by atoms with van der Waals surface area (Å²) in [5.74, 6) is 3.31. The van der Waals surface area contributed by atoms with Gasteiger partial charge in [-0.3, -0.25) is 0 Å². The molecule has 4 rings (SSSR count). The van der Waals surface area contributed by atoms with E-state index in [0.717, 1.165) is 40.8 Å². The summed E-state index contributed by atoms with van der Waals surface area (Å²) in [6.07, 6.45) is 8.89. The molecule has 0 aliphatic heterocycles. The highest BCUT2D eigenvalue weighted by molar-refractivity contribution is 5.61. The number of rotatable bonds is 7. The molecule has 0 spiro atoms. The second-order valence-electron chi connectivity index (χ2n) is 7.94. The Morgan fingerprint density at radius 2 is 1.70 bits per heavy atom. The number of hydrogen-bond acceptors (Lipinski definition) is 4. The first-order valence-electron chi connectivity index (χ1n) is 9.78. The predicted molar refractivity (Wildman–Crippen MR) is 107 cm³/mol. The Morgan fingerprint density at radius 3 is 2.33 bits per heavy atom. The molecule has 0 heterocycles. The third kappa shape index (κ3) is 3.39. The standard InChI is InChI=1S/C23H29NO3/c1-24(2)12-11-15-5-6-17-14-18(8-7-16(17)13-15)27-21-19-9-10-20(21)23(26-4)22(19)25-3/h7-10,14-15,21H,5-6,11-13H2,1-4H3. The molecule has 4 heteroatoms. The number of ether oxygens (including phenoxy) is 3. The summed E-state index contributed by atoms with van der Waals surface area (Å²) < 4.78 is 17.4. The van der Waals surface area contributed by atoms with Gasteiger partial charge in [0.1, 0.15) is 5.75 Å². The van der Waals surface area contributed by atoms with Crippen LogP contribution in [0.1, 0.15) is 24.0 Å². The van der Waals surface area contributed by atoms with Crippen molar-refractivity contribution in [3.05, 3.63) is 64.1 Å². The van der Waals surface area contributed by atoms with Gasteiger partial charge >= 0.3 is 0 Å². The molecule has 0 fully saturated rings. The summed E-state index contributed by atoms with van der Waals surface area (Å²) in [6, 6.07) is 6.61.